The molecule has 0 aliphatic rings. The highest BCUT2D eigenvalue weighted by Gasteiger charge is 2.35. The molecule has 0 bridgehead atoms. The van der Waals surface area contributed by atoms with Gasteiger partial charge in [0.1, 0.15) is 5.75 Å². The van der Waals surface area contributed by atoms with Crippen LogP contribution in [0.3, 0.4) is 0 Å². The van der Waals surface area contributed by atoms with Crippen molar-refractivity contribution in [1.29, 1.82) is 0 Å². The largest absolute Gasteiger partial charge is 0.497 e. The number of benzene rings is 2. The molecular weight excluding hydrogens is 532 g/mol. The average molecular weight is 579 g/mol. The highest BCUT2D eigenvalue weighted by Crippen LogP contribution is 2.32. The summed E-state index contributed by atoms with van der Waals surface area (Å²) >= 11 is 6.41. The summed E-state index contributed by atoms with van der Waals surface area (Å²) in [5, 5.41) is 10.9. The van der Waals surface area contributed by atoms with Gasteiger partial charge in [-0.3, -0.25) is 9.21 Å². The van der Waals surface area contributed by atoms with Gasteiger partial charge in [-0.15, -0.1) is 0 Å². The van der Waals surface area contributed by atoms with E-state index >= 15 is 0 Å². The summed E-state index contributed by atoms with van der Waals surface area (Å²) in [6, 6.07) is 12.7. The summed E-state index contributed by atoms with van der Waals surface area (Å²) in [5.41, 5.74) is 7.46. The number of carbonyl (C=O) groups excluding carboxylic acids is 1. The molecule has 0 fully saturated rings. The molecule has 0 aromatic heterocycles. The van der Waals surface area contributed by atoms with Gasteiger partial charge in [0.15, 0.2) is 11.5 Å². The number of hydrogen-bond acceptors (Lipinski definition) is 7. The van der Waals surface area contributed by atoms with E-state index in [-0.39, 0.29) is 18.4 Å². The monoisotopic (exact) mass is 578 g/mol. The number of halogens is 1. The minimum Gasteiger partial charge on any atom is -0.497 e. The zero-order valence-electron chi connectivity index (χ0n) is 25.0. The molecule has 224 valence electrons. The minimum absolute atomic E-state index is 0.0754. The molecule has 0 saturated carbocycles. The van der Waals surface area contributed by atoms with Gasteiger partial charge in [0, 0.05) is 38.0 Å². The lowest BCUT2D eigenvalue weighted by molar-refractivity contribution is -0.132. The Hall–Kier alpha value is -2.52. The van der Waals surface area contributed by atoms with Crippen molar-refractivity contribution in [3.8, 4) is 17.2 Å². The number of carbonyl (C=O) groups is 1. The van der Waals surface area contributed by atoms with Gasteiger partial charge in [-0.1, -0.05) is 32.0 Å². The predicted octanol–water partition coefficient (Wildman–Crippen LogP) is 4.97. The van der Waals surface area contributed by atoms with Crippen molar-refractivity contribution >= 4 is 17.7 Å². The van der Waals surface area contributed by atoms with Gasteiger partial charge in [-0.25, -0.2) is 0 Å². The first-order valence-corrected chi connectivity index (χ1v) is 14.1. The Morgan fingerprint density at radius 2 is 1.70 bits per heavy atom. The summed E-state index contributed by atoms with van der Waals surface area (Å²) < 4.78 is 22.8. The van der Waals surface area contributed by atoms with Crippen molar-refractivity contribution < 1.29 is 28.8 Å². The maximum atomic E-state index is 13.2. The van der Waals surface area contributed by atoms with E-state index in [1.54, 1.807) is 47.3 Å². The van der Waals surface area contributed by atoms with E-state index in [4.69, 9.17) is 36.5 Å². The molecule has 0 saturated heterocycles. The van der Waals surface area contributed by atoms with Crippen molar-refractivity contribution in [2.24, 2.45) is 17.6 Å². The van der Waals surface area contributed by atoms with Gasteiger partial charge >= 0.3 is 0 Å². The van der Waals surface area contributed by atoms with Gasteiger partial charge < -0.3 is 29.8 Å². The third kappa shape index (κ3) is 9.54. The van der Waals surface area contributed by atoms with Crippen LogP contribution in [0.1, 0.15) is 51.7 Å². The van der Waals surface area contributed by atoms with Crippen molar-refractivity contribution in [3.63, 3.8) is 0 Å². The number of nitrogens with zero attached hydrogens (tertiary/aromatic N) is 1. The van der Waals surface area contributed by atoms with Crippen LogP contribution in [0.5, 0.6) is 17.2 Å². The normalized spacial score (nSPS) is 14.0. The number of aliphatic hydroxyl groups is 1. The lowest BCUT2D eigenvalue weighted by Crippen LogP contribution is -2.47. The first kappa shape index (κ1) is 33.7. The molecule has 3 N–H and O–H groups in total. The molecule has 0 radical (unpaired) electrons. The lowest BCUT2D eigenvalue weighted by atomic mass is 9.82. The predicted molar refractivity (Wildman–Crippen MR) is 159 cm³/mol. The van der Waals surface area contributed by atoms with Gasteiger partial charge in [0.25, 0.3) is 0 Å². The number of rotatable bonds is 17. The van der Waals surface area contributed by atoms with Crippen LogP contribution in [0, 0.1) is 11.8 Å². The Balaban J connectivity index is 2.03. The van der Waals surface area contributed by atoms with Gasteiger partial charge in [-0.05, 0) is 73.9 Å². The van der Waals surface area contributed by atoms with Crippen LogP contribution in [0.2, 0.25) is 0 Å². The fourth-order valence-corrected chi connectivity index (χ4v) is 4.92. The molecule has 9 heteroatoms. The van der Waals surface area contributed by atoms with E-state index in [1.807, 2.05) is 30.3 Å². The molecule has 0 aliphatic heterocycles. The molecular formula is C31H47ClN2O6. The lowest BCUT2D eigenvalue weighted by Gasteiger charge is -2.32. The van der Waals surface area contributed by atoms with Crippen LogP contribution in [0.25, 0.3) is 0 Å². The average Bonchev–Trinajstić information content (AvgIpc) is 2.94. The summed E-state index contributed by atoms with van der Waals surface area (Å²) in [5.74, 6) is 2.26. The number of nitrogens with two attached hydrogens (primary N) is 1. The molecule has 2 rings (SSSR count). The van der Waals surface area contributed by atoms with Crippen LogP contribution in [0.15, 0.2) is 42.5 Å². The van der Waals surface area contributed by atoms with Crippen LogP contribution < -0.4 is 19.9 Å². The van der Waals surface area contributed by atoms with Gasteiger partial charge in [0.05, 0.1) is 38.9 Å². The van der Waals surface area contributed by atoms with E-state index in [0.717, 1.165) is 28.4 Å². The number of aliphatic hydroxyl groups excluding tert-OH is 1. The summed E-state index contributed by atoms with van der Waals surface area (Å²) in [6.07, 6.45) is 1.12. The van der Waals surface area contributed by atoms with Crippen LogP contribution in [-0.4, -0.2) is 68.7 Å². The van der Waals surface area contributed by atoms with Gasteiger partial charge in [-0.2, -0.15) is 0 Å². The quantitative estimate of drug-likeness (QED) is 0.202. The Labute approximate surface area is 244 Å². The Morgan fingerprint density at radius 1 is 1.02 bits per heavy atom. The second-order valence-electron chi connectivity index (χ2n) is 11.1. The van der Waals surface area contributed by atoms with Gasteiger partial charge in [0.2, 0.25) is 5.91 Å². The number of methoxy groups -OCH3 is 3. The van der Waals surface area contributed by atoms with E-state index in [1.165, 1.54) is 0 Å². The van der Waals surface area contributed by atoms with Crippen molar-refractivity contribution in [1.82, 2.24) is 4.42 Å². The fourth-order valence-electron chi connectivity index (χ4n) is 4.56. The Bertz CT molecular complexity index is 1050. The molecule has 0 spiro atoms. The molecule has 1 amide bonds. The molecule has 0 unspecified atom stereocenters. The number of hydrogen-bond donors (Lipinski definition) is 2. The SMILES string of the molecule is COCCCOc1cc(C[C@@H](C[C@H](N)[C@@H](O)CN(Cl)C(=O)C(C)(C)c2ccc(OC)cc2)C(C)C)ccc1OC. The maximum Gasteiger partial charge on any atom is 0.247 e. The highest BCUT2D eigenvalue weighted by molar-refractivity contribution is 6.22. The molecule has 0 aliphatic carbocycles. The van der Waals surface area contributed by atoms with E-state index in [2.05, 4.69) is 13.8 Å². The van der Waals surface area contributed by atoms with E-state index in [9.17, 15) is 9.90 Å². The first-order valence-electron chi connectivity index (χ1n) is 13.8. The zero-order chi connectivity index (χ0) is 29.9. The molecule has 8 nitrogen and oxygen atoms in total. The first-order chi connectivity index (χ1) is 18.9. The standard InChI is InChI=1S/C31H47ClN2O6/c1-21(2)23(17-22-9-14-28(39-7)29(18-22)40-16-8-15-37-5)19-26(33)27(35)20-34(32)30(36)31(3,4)24-10-12-25(38-6)13-11-24/h9-14,18,21,23,26-27,35H,8,15-17,19-20,33H2,1-7H3/t23-,26-,27-/m0/s1. The van der Waals surface area contributed by atoms with Crippen LogP contribution in [0.4, 0.5) is 0 Å². The third-order valence-electron chi connectivity index (χ3n) is 7.40. The third-order valence-corrected chi connectivity index (χ3v) is 7.69. The minimum atomic E-state index is -0.982. The second-order valence-corrected chi connectivity index (χ2v) is 11.5. The zero-order valence-corrected chi connectivity index (χ0v) is 25.7. The van der Waals surface area contributed by atoms with E-state index < -0.39 is 17.6 Å². The maximum absolute atomic E-state index is 13.2. The van der Waals surface area contributed by atoms with Crippen molar-refractivity contribution in [2.75, 3.05) is 41.1 Å². The highest BCUT2D eigenvalue weighted by atomic mass is 35.5. The Kier molecular flexibility index (Phi) is 13.5. The summed E-state index contributed by atoms with van der Waals surface area (Å²) in [6.45, 7) is 8.97. The summed E-state index contributed by atoms with van der Waals surface area (Å²) in [4.78, 5) is 13.2. The molecule has 2 aromatic carbocycles. The number of amides is 1. The topological polar surface area (TPSA) is 103 Å². The Morgan fingerprint density at radius 3 is 2.27 bits per heavy atom. The van der Waals surface area contributed by atoms with Crippen molar-refractivity contribution in [2.45, 2.75) is 64.5 Å². The fraction of sp³-hybridized carbons (Fsp3) is 0.581. The second kappa shape index (κ2) is 16.1. The van der Waals surface area contributed by atoms with Crippen molar-refractivity contribution in [3.05, 3.63) is 53.6 Å². The van der Waals surface area contributed by atoms with E-state index in [0.29, 0.717) is 42.8 Å². The molecule has 40 heavy (non-hydrogen) atoms. The molecule has 2 aromatic rings. The summed E-state index contributed by atoms with van der Waals surface area (Å²) in [7, 11) is 4.88. The van der Waals surface area contributed by atoms with Crippen LogP contribution in [-0.2, 0) is 21.4 Å². The number of ether oxygens (including phenoxy) is 4. The molecule has 3 atom stereocenters. The smallest absolute Gasteiger partial charge is 0.247 e. The molecule has 0 heterocycles. The van der Waals surface area contributed by atoms with Crippen LogP contribution >= 0.6 is 11.8 Å².